The number of para-hydroxylation sites is 1. The van der Waals surface area contributed by atoms with Gasteiger partial charge in [-0.15, -0.1) is 11.3 Å². The first-order chi connectivity index (χ1) is 16.5. The Bertz CT molecular complexity index is 1540. The molecule has 0 saturated carbocycles. The number of rotatable bonds is 6. The van der Waals surface area contributed by atoms with Crippen LogP contribution < -0.4 is 0 Å². The molecule has 0 aliphatic rings. The Labute approximate surface area is 204 Å². The van der Waals surface area contributed by atoms with E-state index in [-0.39, 0.29) is 5.78 Å². The number of nitrogens with one attached hydrogen (secondary N) is 1. The van der Waals surface area contributed by atoms with Gasteiger partial charge in [-0.05, 0) is 31.0 Å². The zero-order chi connectivity index (χ0) is 23.8. The van der Waals surface area contributed by atoms with E-state index in [2.05, 4.69) is 9.97 Å². The van der Waals surface area contributed by atoms with Crippen LogP contribution in [0.25, 0.3) is 21.1 Å². The maximum Gasteiger partial charge on any atom is 0.348 e. The summed E-state index contributed by atoms with van der Waals surface area (Å²) in [6, 6.07) is 17.5. The zero-order valence-corrected chi connectivity index (χ0v) is 20.4. The number of aryl methyl sites for hydroxylation is 2. The van der Waals surface area contributed by atoms with Crippen LogP contribution in [0.2, 0.25) is 0 Å². The molecule has 0 amide bonds. The summed E-state index contributed by atoms with van der Waals surface area (Å²) in [5.74, 6) is 0.168. The number of carbonyl (C=O) groups is 2. The van der Waals surface area contributed by atoms with Gasteiger partial charge in [0.2, 0.25) is 0 Å². The Hall–Kier alpha value is -3.49. The van der Waals surface area contributed by atoms with Crippen LogP contribution in [0.15, 0.2) is 65.8 Å². The number of H-pyrrole nitrogens is 1. The first-order valence-electron chi connectivity index (χ1n) is 10.7. The van der Waals surface area contributed by atoms with Gasteiger partial charge in [0, 0.05) is 28.0 Å². The molecule has 34 heavy (non-hydrogen) atoms. The average molecular weight is 488 g/mol. The number of thiophene rings is 1. The molecule has 0 aliphatic carbocycles. The molecule has 1 unspecified atom stereocenters. The number of fused-ring (bicyclic) bond motifs is 2. The SMILES string of the molecule is COC(=O)c1sc2nc(C)nc(SC(C(=O)c3c[nH]c4ccccc34)c3ccccc3)c2c1C. The summed E-state index contributed by atoms with van der Waals surface area (Å²) in [5, 5.41) is 1.82. The van der Waals surface area contributed by atoms with Crippen molar-refractivity contribution >= 4 is 56.0 Å². The number of carbonyl (C=O) groups excluding carboxylic acids is 2. The molecule has 8 heteroatoms. The van der Waals surface area contributed by atoms with Crippen molar-refractivity contribution in [1.82, 2.24) is 15.0 Å². The molecule has 1 atom stereocenters. The molecule has 0 spiro atoms. The first kappa shape index (κ1) is 22.3. The minimum atomic E-state index is -0.529. The molecule has 0 bridgehead atoms. The van der Waals surface area contributed by atoms with Crippen LogP contribution in [-0.4, -0.2) is 33.8 Å². The molecule has 5 aromatic rings. The number of ketones is 1. The fourth-order valence-electron chi connectivity index (χ4n) is 4.01. The molecule has 0 radical (unpaired) electrons. The molecule has 3 aromatic heterocycles. The standard InChI is InChI=1S/C26H21N3O3S2/c1-14-20-24(33-22(14)26(31)32-3)28-15(2)29-25(20)34-23(16-9-5-4-6-10-16)21(30)18-13-27-19-12-8-7-11-17(18)19/h4-13,23,27H,1-3H3. The van der Waals surface area contributed by atoms with E-state index in [0.717, 1.165) is 27.4 Å². The van der Waals surface area contributed by atoms with E-state index in [1.54, 1.807) is 6.20 Å². The second kappa shape index (κ2) is 9.04. The Balaban J connectivity index is 1.65. The summed E-state index contributed by atoms with van der Waals surface area (Å²) in [5.41, 5.74) is 3.20. The summed E-state index contributed by atoms with van der Waals surface area (Å²) in [7, 11) is 1.37. The molecule has 1 N–H and O–H groups in total. The van der Waals surface area contributed by atoms with Crippen molar-refractivity contribution in [2.24, 2.45) is 0 Å². The molecule has 0 saturated heterocycles. The van der Waals surface area contributed by atoms with E-state index >= 15 is 0 Å². The van der Waals surface area contributed by atoms with Gasteiger partial charge >= 0.3 is 5.97 Å². The van der Waals surface area contributed by atoms with E-state index in [1.165, 1.54) is 30.2 Å². The number of ether oxygens (including phenoxy) is 1. The van der Waals surface area contributed by atoms with E-state index < -0.39 is 11.2 Å². The van der Waals surface area contributed by atoms with Crippen molar-refractivity contribution < 1.29 is 14.3 Å². The van der Waals surface area contributed by atoms with Crippen LogP contribution in [0.3, 0.4) is 0 Å². The zero-order valence-electron chi connectivity index (χ0n) is 18.8. The van der Waals surface area contributed by atoms with Gasteiger partial charge in [-0.2, -0.15) is 0 Å². The van der Waals surface area contributed by atoms with Gasteiger partial charge in [-0.3, -0.25) is 4.79 Å². The second-order valence-corrected chi connectivity index (χ2v) is 9.92. The molecule has 3 heterocycles. The van der Waals surface area contributed by atoms with Crippen molar-refractivity contribution in [2.45, 2.75) is 24.1 Å². The lowest BCUT2D eigenvalue weighted by Crippen LogP contribution is -2.10. The lowest BCUT2D eigenvalue weighted by Gasteiger charge is -2.16. The van der Waals surface area contributed by atoms with E-state index in [0.29, 0.717) is 26.1 Å². The van der Waals surface area contributed by atoms with E-state index in [1.807, 2.05) is 68.4 Å². The van der Waals surface area contributed by atoms with Gasteiger partial charge in [0.15, 0.2) is 5.78 Å². The van der Waals surface area contributed by atoms with Crippen molar-refractivity contribution in [2.75, 3.05) is 7.11 Å². The monoisotopic (exact) mass is 487 g/mol. The maximum atomic E-state index is 13.9. The summed E-state index contributed by atoms with van der Waals surface area (Å²) >= 11 is 2.67. The van der Waals surface area contributed by atoms with Crippen LogP contribution in [0.1, 0.15) is 42.2 Å². The number of thioether (sulfide) groups is 1. The second-order valence-electron chi connectivity index (χ2n) is 7.82. The quantitative estimate of drug-likeness (QED) is 0.131. The molecule has 2 aromatic carbocycles. The number of benzene rings is 2. The number of aromatic nitrogens is 3. The predicted octanol–water partition coefficient (Wildman–Crippen LogP) is 6.29. The normalized spacial score (nSPS) is 12.2. The summed E-state index contributed by atoms with van der Waals surface area (Å²) in [4.78, 5) is 39.9. The minimum absolute atomic E-state index is 0.0147. The van der Waals surface area contributed by atoms with Crippen molar-refractivity contribution in [3.63, 3.8) is 0 Å². The fraction of sp³-hybridized carbons (Fsp3) is 0.154. The van der Waals surface area contributed by atoms with E-state index in [9.17, 15) is 9.59 Å². The number of hydrogen-bond donors (Lipinski definition) is 1. The molecular formula is C26H21N3O3S2. The Kier molecular flexibility index (Phi) is 5.93. The third-order valence-electron chi connectivity index (χ3n) is 5.66. The van der Waals surface area contributed by atoms with E-state index in [4.69, 9.17) is 9.72 Å². The number of aromatic amines is 1. The van der Waals surface area contributed by atoms with Gasteiger partial charge in [0.1, 0.15) is 20.6 Å². The van der Waals surface area contributed by atoms with Crippen LogP contribution in [0, 0.1) is 13.8 Å². The topological polar surface area (TPSA) is 84.9 Å². The maximum absolute atomic E-state index is 13.9. The molecule has 6 nitrogen and oxygen atoms in total. The molecular weight excluding hydrogens is 466 g/mol. The Morgan fingerprint density at radius 3 is 2.53 bits per heavy atom. The van der Waals surface area contributed by atoms with Gasteiger partial charge in [-0.25, -0.2) is 14.8 Å². The van der Waals surface area contributed by atoms with Crippen molar-refractivity contribution in [3.8, 4) is 0 Å². The third kappa shape index (κ3) is 3.89. The first-order valence-corrected chi connectivity index (χ1v) is 12.4. The molecule has 170 valence electrons. The third-order valence-corrected chi connectivity index (χ3v) is 8.07. The average Bonchev–Trinajstić information content (AvgIpc) is 3.43. The Morgan fingerprint density at radius 2 is 1.76 bits per heavy atom. The highest BCUT2D eigenvalue weighted by Gasteiger charge is 2.29. The van der Waals surface area contributed by atoms with Gasteiger partial charge < -0.3 is 9.72 Å². The summed E-state index contributed by atoms with van der Waals surface area (Å²) < 4.78 is 4.95. The van der Waals surface area contributed by atoms with Crippen LogP contribution >= 0.6 is 23.1 Å². The summed E-state index contributed by atoms with van der Waals surface area (Å²) in [6.07, 6.45) is 1.77. The largest absolute Gasteiger partial charge is 0.465 e. The summed E-state index contributed by atoms with van der Waals surface area (Å²) in [6.45, 7) is 3.68. The molecule has 0 fully saturated rings. The van der Waals surface area contributed by atoms with Crippen LogP contribution in [-0.2, 0) is 4.74 Å². The minimum Gasteiger partial charge on any atom is -0.465 e. The smallest absolute Gasteiger partial charge is 0.348 e. The van der Waals surface area contributed by atoms with Crippen molar-refractivity contribution in [1.29, 1.82) is 0 Å². The molecule has 0 aliphatic heterocycles. The predicted molar refractivity (Wildman–Crippen MR) is 136 cm³/mol. The number of hydrogen-bond acceptors (Lipinski definition) is 7. The number of nitrogens with zero attached hydrogens (tertiary/aromatic N) is 2. The number of esters is 1. The van der Waals surface area contributed by atoms with Crippen LogP contribution in [0.4, 0.5) is 0 Å². The highest BCUT2D eigenvalue weighted by Crippen LogP contribution is 2.43. The lowest BCUT2D eigenvalue weighted by molar-refractivity contribution is 0.0605. The van der Waals surface area contributed by atoms with Gasteiger partial charge in [0.25, 0.3) is 0 Å². The van der Waals surface area contributed by atoms with Gasteiger partial charge in [-0.1, -0.05) is 60.3 Å². The van der Waals surface area contributed by atoms with Crippen molar-refractivity contribution in [3.05, 3.63) is 88.2 Å². The lowest BCUT2D eigenvalue weighted by atomic mass is 10.0. The fourth-order valence-corrected chi connectivity index (χ4v) is 6.52. The highest BCUT2D eigenvalue weighted by molar-refractivity contribution is 8.00. The highest BCUT2D eigenvalue weighted by atomic mass is 32.2. The van der Waals surface area contributed by atoms with Crippen LogP contribution in [0.5, 0.6) is 0 Å². The Morgan fingerprint density at radius 1 is 1.03 bits per heavy atom. The molecule has 5 rings (SSSR count). The number of Topliss-reactive ketones (excluding diaryl/α,β-unsaturated/α-hetero) is 1. The number of methoxy groups -OCH3 is 1. The van der Waals surface area contributed by atoms with Gasteiger partial charge in [0.05, 0.1) is 12.4 Å².